The van der Waals surface area contributed by atoms with Crippen LogP contribution in [0.1, 0.15) is 21.5 Å². The lowest BCUT2D eigenvalue weighted by atomic mass is 10.1. The van der Waals surface area contributed by atoms with Crippen LogP contribution in [0.15, 0.2) is 60.9 Å². The van der Waals surface area contributed by atoms with Crippen molar-refractivity contribution in [2.75, 3.05) is 6.54 Å². The average molecular weight is 374 g/mol. The smallest absolute Gasteiger partial charge is 0.254 e. The van der Waals surface area contributed by atoms with Gasteiger partial charge in [-0.1, -0.05) is 59.6 Å². The first-order valence-corrected chi connectivity index (χ1v) is 8.66. The highest BCUT2D eigenvalue weighted by Gasteiger charge is 2.10. The van der Waals surface area contributed by atoms with Crippen molar-refractivity contribution >= 4 is 29.1 Å². The van der Waals surface area contributed by atoms with Gasteiger partial charge in [-0.05, 0) is 29.7 Å². The van der Waals surface area contributed by atoms with E-state index in [1.807, 2.05) is 30.3 Å². The molecule has 4 nitrogen and oxygen atoms in total. The van der Waals surface area contributed by atoms with Crippen LogP contribution in [-0.4, -0.2) is 22.2 Å². The highest BCUT2D eigenvalue weighted by atomic mass is 35.5. The average Bonchev–Trinajstić information content (AvgIpc) is 3.07. The Morgan fingerprint density at radius 2 is 1.76 bits per heavy atom. The molecule has 0 saturated carbocycles. The Balaban J connectivity index is 1.55. The second-order valence-corrected chi connectivity index (χ2v) is 6.43. The van der Waals surface area contributed by atoms with Gasteiger partial charge in [0.1, 0.15) is 0 Å². The van der Waals surface area contributed by atoms with Crippen LogP contribution >= 0.6 is 23.2 Å². The summed E-state index contributed by atoms with van der Waals surface area (Å²) in [5, 5.41) is 8.33. The predicted octanol–water partition coefficient (Wildman–Crippen LogP) is 4.21. The van der Waals surface area contributed by atoms with E-state index in [2.05, 4.69) is 10.4 Å². The third-order valence-corrected chi connectivity index (χ3v) is 4.51. The molecule has 2 aromatic carbocycles. The molecule has 3 aromatic rings. The van der Waals surface area contributed by atoms with Crippen LogP contribution in [0.4, 0.5) is 0 Å². The SMILES string of the molecule is O=C(NCCc1c(Cl)cccc1Cl)c1cnn(Cc2ccccc2)c1. The minimum atomic E-state index is -0.164. The van der Waals surface area contributed by atoms with Gasteiger partial charge in [-0.15, -0.1) is 0 Å². The molecule has 1 aromatic heterocycles. The highest BCUT2D eigenvalue weighted by Crippen LogP contribution is 2.24. The lowest BCUT2D eigenvalue weighted by molar-refractivity contribution is 0.0954. The Morgan fingerprint density at radius 3 is 2.48 bits per heavy atom. The number of hydrogen-bond donors (Lipinski definition) is 1. The number of carbonyl (C=O) groups is 1. The lowest BCUT2D eigenvalue weighted by Gasteiger charge is -2.07. The Labute approximate surface area is 156 Å². The molecule has 0 atom stereocenters. The van der Waals surface area contributed by atoms with E-state index in [9.17, 15) is 4.79 Å². The van der Waals surface area contributed by atoms with E-state index in [1.165, 1.54) is 0 Å². The Hall–Kier alpha value is -2.30. The van der Waals surface area contributed by atoms with Crippen molar-refractivity contribution in [3.05, 3.63) is 87.7 Å². The van der Waals surface area contributed by atoms with Gasteiger partial charge in [0.2, 0.25) is 0 Å². The number of nitrogens with zero attached hydrogens (tertiary/aromatic N) is 2. The minimum absolute atomic E-state index is 0.164. The summed E-state index contributed by atoms with van der Waals surface area (Å²) in [6.07, 6.45) is 3.88. The van der Waals surface area contributed by atoms with E-state index >= 15 is 0 Å². The second kappa shape index (κ2) is 8.19. The van der Waals surface area contributed by atoms with Crippen LogP contribution < -0.4 is 5.32 Å². The van der Waals surface area contributed by atoms with E-state index in [4.69, 9.17) is 23.2 Å². The van der Waals surface area contributed by atoms with Crippen molar-refractivity contribution in [3.8, 4) is 0 Å². The van der Waals surface area contributed by atoms with Crippen molar-refractivity contribution in [2.45, 2.75) is 13.0 Å². The van der Waals surface area contributed by atoms with Gasteiger partial charge in [0, 0.05) is 22.8 Å². The number of halogens is 2. The molecule has 0 saturated heterocycles. The number of amides is 1. The van der Waals surface area contributed by atoms with Crippen LogP contribution in [0.25, 0.3) is 0 Å². The molecule has 0 bridgehead atoms. The summed E-state index contributed by atoms with van der Waals surface area (Å²) in [6, 6.07) is 15.4. The second-order valence-electron chi connectivity index (χ2n) is 5.62. The molecule has 0 aliphatic rings. The molecular formula is C19H17Cl2N3O. The first-order valence-electron chi connectivity index (χ1n) is 7.91. The summed E-state index contributed by atoms with van der Waals surface area (Å²) in [4.78, 5) is 12.2. The number of carbonyl (C=O) groups excluding carboxylic acids is 1. The third kappa shape index (κ3) is 4.62. The molecule has 128 valence electrons. The molecule has 0 spiro atoms. The molecule has 0 fully saturated rings. The zero-order valence-electron chi connectivity index (χ0n) is 13.5. The molecule has 0 aliphatic carbocycles. The number of rotatable bonds is 6. The van der Waals surface area contributed by atoms with Crippen molar-refractivity contribution in [2.24, 2.45) is 0 Å². The Kier molecular flexibility index (Phi) is 5.74. The standard InChI is InChI=1S/C19H17Cl2N3O/c20-17-7-4-8-18(21)16(17)9-10-22-19(25)15-11-23-24(13-15)12-14-5-2-1-3-6-14/h1-8,11,13H,9-10,12H2,(H,22,25). The number of benzene rings is 2. The Morgan fingerprint density at radius 1 is 1.04 bits per heavy atom. The fourth-order valence-electron chi connectivity index (χ4n) is 2.51. The van der Waals surface area contributed by atoms with Gasteiger partial charge in [-0.2, -0.15) is 5.10 Å². The summed E-state index contributed by atoms with van der Waals surface area (Å²) in [7, 11) is 0. The largest absolute Gasteiger partial charge is 0.352 e. The maximum absolute atomic E-state index is 12.2. The number of hydrogen-bond acceptors (Lipinski definition) is 2. The molecule has 1 N–H and O–H groups in total. The number of aromatic nitrogens is 2. The van der Waals surface area contributed by atoms with Gasteiger partial charge in [0.25, 0.3) is 5.91 Å². The summed E-state index contributed by atoms with van der Waals surface area (Å²) < 4.78 is 1.75. The van der Waals surface area contributed by atoms with Gasteiger partial charge < -0.3 is 5.32 Å². The van der Waals surface area contributed by atoms with Gasteiger partial charge in [0.05, 0.1) is 18.3 Å². The van der Waals surface area contributed by atoms with Crippen LogP contribution in [0.2, 0.25) is 10.0 Å². The fourth-order valence-corrected chi connectivity index (χ4v) is 3.10. The summed E-state index contributed by atoms with van der Waals surface area (Å²) in [6.45, 7) is 1.08. The normalized spacial score (nSPS) is 10.6. The first-order chi connectivity index (χ1) is 12.1. The zero-order chi connectivity index (χ0) is 17.6. The van der Waals surface area contributed by atoms with Crippen LogP contribution in [0.3, 0.4) is 0 Å². The summed E-state index contributed by atoms with van der Waals surface area (Å²) >= 11 is 12.3. The van der Waals surface area contributed by atoms with Crippen molar-refractivity contribution in [1.82, 2.24) is 15.1 Å². The minimum Gasteiger partial charge on any atom is -0.352 e. The summed E-state index contributed by atoms with van der Waals surface area (Å²) in [5.74, 6) is -0.164. The van der Waals surface area contributed by atoms with E-state index in [0.717, 1.165) is 11.1 Å². The predicted molar refractivity (Wildman–Crippen MR) is 100 cm³/mol. The van der Waals surface area contributed by atoms with Crippen LogP contribution in [0.5, 0.6) is 0 Å². The van der Waals surface area contributed by atoms with Crippen molar-refractivity contribution in [3.63, 3.8) is 0 Å². The van der Waals surface area contributed by atoms with Crippen molar-refractivity contribution in [1.29, 1.82) is 0 Å². The quantitative estimate of drug-likeness (QED) is 0.703. The van der Waals surface area contributed by atoms with Crippen molar-refractivity contribution < 1.29 is 4.79 Å². The topological polar surface area (TPSA) is 46.9 Å². The molecule has 0 unspecified atom stereocenters. The fraction of sp³-hybridized carbons (Fsp3) is 0.158. The molecule has 1 heterocycles. The monoisotopic (exact) mass is 373 g/mol. The van der Waals surface area contributed by atoms with E-state index in [0.29, 0.717) is 35.1 Å². The highest BCUT2D eigenvalue weighted by molar-refractivity contribution is 6.36. The van der Waals surface area contributed by atoms with E-state index < -0.39 is 0 Å². The third-order valence-electron chi connectivity index (χ3n) is 3.81. The van der Waals surface area contributed by atoms with Crippen LogP contribution in [-0.2, 0) is 13.0 Å². The van der Waals surface area contributed by atoms with E-state index in [-0.39, 0.29) is 5.91 Å². The molecule has 6 heteroatoms. The van der Waals surface area contributed by atoms with Gasteiger partial charge in [0.15, 0.2) is 0 Å². The molecular weight excluding hydrogens is 357 g/mol. The van der Waals surface area contributed by atoms with Crippen LogP contribution in [0, 0.1) is 0 Å². The van der Waals surface area contributed by atoms with E-state index in [1.54, 1.807) is 35.3 Å². The summed E-state index contributed by atoms with van der Waals surface area (Å²) in [5.41, 5.74) is 2.50. The van der Waals surface area contributed by atoms with Gasteiger partial charge in [-0.25, -0.2) is 0 Å². The number of nitrogens with one attached hydrogen (secondary N) is 1. The maximum Gasteiger partial charge on any atom is 0.254 e. The van der Waals surface area contributed by atoms with Gasteiger partial charge >= 0.3 is 0 Å². The molecule has 3 rings (SSSR count). The lowest BCUT2D eigenvalue weighted by Crippen LogP contribution is -2.25. The maximum atomic E-state index is 12.2. The Bertz CT molecular complexity index is 842. The molecule has 0 radical (unpaired) electrons. The zero-order valence-corrected chi connectivity index (χ0v) is 15.0. The molecule has 25 heavy (non-hydrogen) atoms. The van der Waals surface area contributed by atoms with Gasteiger partial charge in [-0.3, -0.25) is 9.48 Å². The molecule has 0 aliphatic heterocycles. The molecule has 1 amide bonds. The first kappa shape index (κ1) is 17.5.